The molecule has 2 aromatic rings. The summed E-state index contributed by atoms with van der Waals surface area (Å²) < 4.78 is 5.74. The summed E-state index contributed by atoms with van der Waals surface area (Å²) in [4.78, 5) is 12.3. The number of hydrogen-bond donors (Lipinski definition) is 2. The quantitative estimate of drug-likeness (QED) is 0.910. The minimum absolute atomic E-state index is 0.0182. The smallest absolute Gasteiger partial charge is 0.251 e. The largest absolute Gasteiger partial charge is 0.457 e. The Hall–Kier alpha value is -2.33. The predicted octanol–water partition coefficient (Wildman–Crippen LogP) is 3.35. The molecule has 4 heteroatoms. The Balaban J connectivity index is 1.59. The minimum atomic E-state index is -0.0182. The lowest BCUT2D eigenvalue weighted by molar-refractivity contribution is 0.0925. The summed E-state index contributed by atoms with van der Waals surface area (Å²) in [5.41, 5.74) is 0.664. The van der Waals surface area contributed by atoms with Crippen LogP contribution in [0.4, 0.5) is 0 Å². The Morgan fingerprint density at radius 1 is 1.09 bits per heavy atom. The van der Waals surface area contributed by atoms with Crippen LogP contribution >= 0.6 is 0 Å². The van der Waals surface area contributed by atoms with Crippen LogP contribution in [0.5, 0.6) is 11.5 Å². The fourth-order valence-corrected chi connectivity index (χ4v) is 2.83. The van der Waals surface area contributed by atoms with Crippen molar-refractivity contribution in [2.24, 2.45) is 0 Å². The van der Waals surface area contributed by atoms with Gasteiger partial charge in [0.1, 0.15) is 11.5 Å². The standard InChI is InChI=1S/C19H22N2O2/c1-14-13-16(11-12-20-14)21-19(22)15-7-9-18(10-8-15)23-17-5-3-2-4-6-17/h2-10,14,16,20H,11-13H2,1H3,(H,21,22). The molecule has 0 radical (unpaired) electrons. The van der Waals surface area contributed by atoms with Gasteiger partial charge in [-0.3, -0.25) is 4.79 Å². The first-order valence-electron chi connectivity index (χ1n) is 8.08. The van der Waals surface area contributed by atoms with Gasteiger partial charge in [0.15, 0.2) is 0 Å². The Morgan fingerprint density at radius 3 is 2.48 bits per heavy atom. The van der Waals surface area contributed by atoms with Gasteiger partial charge in [-0.05, 0) is 62.7 Å². The van der Waals surface area contributed by atoms with Crippen molar-refractivity contribution in [2.75, 3.05) is 6.54 Å². The summed E-state index contributed by atoms with van der Waals surface area (Å²) >= 11 is 0. The van der Waals surface area contributed by atoms with Gasteiger partial charge in [-0.1, -0.05) is 18.2 Å². The van der Waals surface area contributed by atoms with E-state index in [0.29, 0.717) is 11.6 Å². The zero-order valence-electron chi connectivity index (χ0n) is 13.3. The molecule has 120 valence electrons. The van der Waals surface area contributed by atoms with Crippen LogP contribution in [0.15, 0.2) is 54.6 Å². The molecular formula is C19H22N2O2. The molecule has 1 aliphatic rings. The molecule has 3 rings (SSSR count). The minimum Gasteiger partial charge on any atom is -0.457 e. The second kappa shape index (κ2) is 7.29. The summed E-state index contributed by atoms with van der Waals surface area (Å²) in [6.07, 6.45) is 1.95. The molecule has 23 heavy (non-hydrogen) atoms. The van der Waals surface area contributed by atoms with Crippen molar-refractivity contribution < 1.29 is 9.53 Å². The van der Waals surface area contributed by atoms with E-state index >= 15 is 0 Å². The summed E-state index contributed by atoms with van der Waals surface area (Å²) in [6.45, 7) is 3.10. The van der Waals surface area contributed by atoms with Gasteiger partial charge in [0.05, 0.1) is 0 Å². The fraction of sp³-hybridized carbons (Fsp3) is 0.316. The van der Waals surface area contributed by atoms with E-state index in [2.05, 4.69) is 17.6 Å². The lowest BCUT2D eigenvalue weighted by Crippen LogP contribution is -2.46. The number of nitrogens with one attached hydrogen (secondary N) is 2. The maximum absolute atomic E-state index is 12.3. The first-order chi connectivity index (χ1) is 11.2. The number of ether oxygens (including phenoxy) is 1. The average molecular weight is 310 g/mol. The number of carbonyl (C=O) groups is 1. The van der Waals surface area contributed by atoms with Gasteiger partial charge in [-0.25, -0.2) is 0 Å². The summed E-state index contributed by atoms with van der Waals surface area (Å²) in [6, 6.07) is 17.6. The van der Waals surface area contributed by atoms with Crippen molar-refractivity contribution in [2.45, 2.75) is 31.8 Å². The molecule has 2 atom stereocenters. The van der Waals surface area contributed by atoms with E-state index in [9.17, 15) is 4.79 Å². The number of piperidine rings is 1. The van der Waals surface area contributed by atoms with Crippen molar-refractivity contribution in [3.63, 3.8) is 0 Å². The number of benzene rings is 2. The van der Waals surface area contributed by atoms with Crippen LogP contribution in [0.1, 0.15) is 30.1 Å². The van der Waals surface area contributed by atoms with E-state index < -0.39 is 0 Å². The molecule has 2 N–H and O–H groups in total. The molecule has 0 saturated carbocycles. The molecule has 0 aromatic heterocycles. The first-order valence-corrected chi connectivity index (χ1v) is 8.08. The second-order valence-electron chi connectivity index (χ2n) is 5.99. The van der Waals surface area contributed by atoms with Crippen molar-refractivity contribution in [1.29, 1.82) is 0 Å². The van der Waals surface area contributed by atoms with Crippen LogP contribution in [-0.4, -0.2) is 24.5 Å². The highest BCUT2D eigenvalue weighted by atomic mass is 16.5. The van der Waals surface area contributed by atoms with Gasteiger partial charge in [-0.2, -0.15) is 0 Å². The van der Waals surface area contributed by atoms with Crippen molar-refractivity contribution in [1.82, 2.24) is 10.6 Å². The van der Waals surface area contributed by atoms with Crippen LogP contribution < -0.4 is 15.4 Å². The van der Waals surface area contributed by atoms with Crippen LogP contribution in [0.3, 0.4) is 0 Å². The van der Waals surface area contributed by atoms with Crippen LogP contribution in [0.25, 0.3) is 0 Å². The zero-order chi connectivity index (χ0) is 16.1. The second-order valence-corrected chi connectivity index (χ2v) is 5.99. The van der Waals surface area contributed by atoms with Crippen molar-refractivity contribution >= 4 is 5.91 Å². The van der Waals surface area contributed by atoms with Crippen LogP contribution in [0.2, 0.25) is 0 Å². The van der Waals surface area contributed by atoms with Crippen molar-refractivity contribution in [3.05, 3.63) is 60.2 Å². The Kier molecular flexibility index (Phi) is 4.93. The van der Waals surface area contributed by atoms with E-state index in [-0.39, 0.29) is 11.9 Å². The Labute approximate surface area is 136 Å². The van der Waals surface area contributed by atoms with Crippen molar-refractivity contribution in [3.8, 4) is 11.5 Å². The molecule has 1 aliphatic heterocycles. The number of rotatable bonds is 4. The number of para-hydroxylation sites is 1. The normalized spacial score (nSPS) is 20.7. The molecule has 0 spiro atoms. The highest BCUT2D eigenvalue weighted by Crippen LogP contribution is 2.21. The molecule has 1 heterocycles. The van der Waals surface area contributed by atoms with E-state index in [1.165, 1.54) is 0 Å². The lowest BCUT2D eigenvalue weighted by Gasteiger charge is -2.28. The predicted molar refractivity (Wildman–Crippen MR) is 90.9 cm³/mol. The van der Waals surface area contributed by atoms with E-state index in [1.54, 1.807) is 12.1 Å². The zero-order valence-corrected chi connectivity index (χ0v) is 13.3. The van der Waals surface area contributed by atoms with Gasteiger partial charge in [0.25, 0.3) is 5.91 Å². The highest BCUT2D eigenvalue weighted by Gasteiger charge is 2.20. The Bertz CT molecular complexity index is 640. The molecule has 2 unspecified atom stereocenters. The maximum Gasteiger partial charge on any atom is 0.251 e. The van der Waals surface area contributed by atoms with Crippen LogP contribution in [0, 0.1) is 0 Å². The first kappa shape index (κ1) is 15.6. The molecule has 4 nitrogen and oxygen atoms in total. The van der Waals surface area contributed by atoms with Crippen LogP contribution in [-0.2, 0) is 0 Å². The monoisotopic (exact) mass is 310 g/mol. The number of hydrogen-bond acceptors (Lipinski definition) is 3. The van der Waals surface area contributed by atoms with E-state index in [4.69, 9.17) is 4.74 Å². The molecular weight excluding hydrogens is 288 g/mol. The van der Waals surface area contributed by atoms with Gasteiger partial charge < -0.3 is 15.4 Å². The summed E-state index contributed by atoms with van der Waals surface area (Å²) in [5, 5.41) is 6.50. The number of amides is 1. The van der Waals surface area contributed by atoms with E-state index in [1.807, 2.05) is 42.5 Å². The highest BCUT2D eigenvalue weighted by molar-refractivity contribution is 5.94. The SMILES string of the molecule is CC1CC(NC(=O)c2ccc(Oc3ccccc3)cc2)CCN1. The maximum atomic E-state index is 12.3. The number of carbonyl (C=O) groups excluding carboxylic acids is 1. The van der Waals surface area contributed by atoms with E-state index in [0.717, 1.165) is 30.9 Å². The van der Waals surface area contributed by atoms with Gasteiger partial charge >= 0.3 is 0 Å². The fourth-order valence-electron chi connectivity index (χ4n) is 2.83. The van der Waals surface area contributed by atoms with Gasteiger partial charge in [0, 0.05) is 17.6 Å². The van der Waals surface area contributed by atoms with Gasteiger partial charge in [0.2, 0.25) is 0 Å². The lowest BCUT2D eigenvalue weighted by atomic mass is 10.0. The third kappa shape index (κ3) is 4.33. The van der Waals surface area contributed by atoms with Gasteiger partial charge in [-0.15, -0.1) is 0 Å². The molecule has 1 fully saturated rings. The molecule has 2 aromatic carbocycles. The summed E-state index contributed by atoms with van der Waals surface area (Å²) in [7, 11) is 0. The molecule has 1 amide bonds. The average Bonchev–Trinajstić information content (AvgIpc) is 2.56. The third-order valence-corrected chi connectivity index (χ3v) is 4.05. The molecule has 0 aliphatic carbocycles. The third-order valence-electron chi connectivity index (χ3n) is 4.05. The Morgan fingerprint density at radius 2 is 1.78 bits per heavy atom. The summed E-state index contributed by atoms with van der Waals surface area (Å²) in [5.74, 6) is 1.49. The molecule has 1 saturated heterocycles. The molecule has 0 bridgehead atoms. The topological polar surface area (TPSA) is 50.4 Å².